The quantitative estimate of drug-likeness (QED) is 0.593. The molecule has 0 N–H and O–H groups in total. The summed E-state index contributed by atoms with van der Waals surface area (Å²) in [6.07, 6.45) is 1.74. The molecule has 88 valence electrons. The van der Waals surface area contributed by atoms with Crippen LogP contribution in [0, 0.1) is 10.5 Å². The summed E-state index contributed by atoms with van der Waals surface area (Å²) < 4.78 is 6.88. The maximum Gasteiger partial charge on any atom is 0.222 e. The highest BCUT2D eigenvalue weighted by molar-refractivity contribution is 14.1. The van der Waals surface area contributed by atoms with Gasteiger partial charge in [-0.3, -0.25) is 0 Å². The Morgan fingerprint density at radius 2 is 2.00 bits per heavy atom. The first-order chi connectivity index (χ1) is 8.19. The lowest BCUT2D eigenvalue weighted by Crippen LogP contribution is -1.93. The predicted molar refractivity (Wildman–Crippen MR) is 77.8 cm³/mol. The molecule has 0 aliphatic heterocycles. The Morgan fingerprint density at radius 1 is 1.29 bits per heavy atom. The summed E-state index contributed by atoms with van der Waals surface area (Å²) in [5.41, 5.74) is 1.99. The number of aryl methyl sites for hydroxylation is 1. The first-order valence-electron chi connectivity index (χ1n) is 5.14. The number of alkyl halides is 1. The summed E-state index contributed by atoms with van der Waals surface area (Å²) >= 11 is 8.00. The second-order valence-corrected chi connectivity index (χ2v) is 5.17. The average molecular weight is 360 g/mol. The van der Waals surface area contributed by atoms with E-state index in [2.05, 4.69) is 27.6 Å². The number of aromatic nitrogens is 1. The molecule has 0 saturated carbocycles. The van der Waals surface area contributed by atoms with E-state index in [1.165, 1.54) is 3.57 Å². The third-order valence-electron chi connectivity index (χ3n) is 2.27. The number of benzene rings is 1. The minimum absolute atomic E-state index is 0.470. The van der Waals surface area contributed by atoms with E-state index in [-0.39, 0.29) is 0 Å². The second kappa shape index (κ2) is 5.69. The van der Waals surface area contributed by atoms with Gasteiger partial charge in [-0.25, -0.2) is 4.98 Å². The molecule has 1 aromatic heterocycles. The summed E-state index contributed by atoms with van der Waals surface area (Å²) in [6, 6.07) is 9.84. The molecule has 0 saturated heterocycles. The van der Waals surface area contributed by atoms with Crippen LogP contribution < -0.4 is 4.74 Å². The Balaban J connectivity index is 2.21. The van der Waals surface area contributed by atoms with E-state index in [4.69, 9.17) is 16.3 Å². The van der Waals surface area contributed by atoms with Crippen LogP contribution in [0.15, 0.2) is 36.5 Å². The van der Waals surface area contributed by atoms with Gasteiger partial charge in [-0.05, 0) is 65.4 Å². The monoisotopic (exact) mass is 359 g/mol. The number of nitrogens with zero attached hydrogens (tertiary/aromatic N) is 1. The van der Waals surface area contributed by atoms with E-state index in [9.17, 15) is 0 Å². The van der Waals surface area contributed by atoms with E-state index in [1.807, 2.05) is 37.3 Å². The van der Waals surface area contributed by atoms with Crippen molar-refractivity contribution in [3.8, 4) is 11.6 Å². The van der Waals surface area contributed by atoms with Crippen LogP contribution in [0.25, 0.3) is 0 Å². The van der Waals surface area contributed by atoms with E-state index in [0.29, 0.717) is 11.8 Å². The number of hydrogen-bond donors (Lipinski definition) is 0. The van der Waals surface area contributed by atoms with Crippen molar-refractivity contribution in [3.63, 3.8) is 0 Å². The molecule has 0 aliphatic rings. The molecule has 2 nitrogen and oxygen atoms in total. The van der Waals surface area contributed by atoms with Crippen LogP contribution >= 0.6 is 34.2 Å². The van der Waals surface area contributed by atoms with E-state index < -0.39 is 0 Å². The lowest BCUT2D eigenvalue weighted by molar-refractivity contribution is 0.458. The van der Waals surface area contributed by atoms with Gasteiger partial charge in [0, 0.05) is 21.2 Å². The smallest absolute Gasteiger partial charge is 0.222 e. The van der Waals surface area contributed by atoms with Gasteiger partial charge in [-0.2, -0.15) is 0 Å². The first-order valence-corrected chi connectivity index (χ1v) is 6.75. The first kappa shape index (κ1) is 12.6. The molecule has 1 aromatic carbocycles. The third kappa shape index (κ3) is 3.33. The number of pyridine rings is 1. The summed E-state index contributed by atoms with van der Waals surface area (Å²) in [5, 5.41) is 0. The fraction of sp³-hybridized carbons (Fsp3) is 0.154. The Morgan fingerprint density at radius 3 is 2.59 bits per heavy atom. The van der Waals surface area contributed by atoms with E-state index in [0.717, 1.165) is 16.9 Å². The molecule has 4 heteroatoms. The molecule has 0 fully saturated rings. The maximum atomic E-state index is 5.75. The van der Waals surface area contributed by atoms with Crippen molar-refractivity contribution in [3.05, 3.63) is 51.2 Å². The van der Waals surface area contributed by atoms with Crippen LogP contribution in [0.5, 0.6) is 11.6 Å². The summed E-state index contributed by atoms with van der Waals surface area (Å²) in [7, 11) is 0. The molecule has 0 radical (unpaired) electrons. The molecule has 1 heterocycles. The minimum atomic E-state index is 0.470. The van der Waals surface area contributed by atoms with Crippen molar-refractivity contribution in [1.82, 2.24) is 4.98 Å². The highest BCUT2D eigenvalue weighted by Gasteiger charge is 2.04. The van der Waals surface area contributed by atoms with Crippen LogP contribution in [0.1, 0.15) is 11.1 Å². The topological polar surface area (TPSA) is 22.1 Å². The number of hydrogen-bond acceptors (Lipinski definition) is 2. The highest BCUT2D eigenvalue weighted by Crippen LogP contribution is 2.24. The van der Waals surface area contributed by atoms with Gasteiger partial charge in [-0.15, -0.1) is 11.6 Å². The van der Waals surface area contributed by atoms with E-state index in [1.54, 1.807) is 6.20 Å². The Bertz CT molecular complexity index is 513. The lowest BCUT2D eigenvalue weighted by atomic mass is 10.2. The molecule has 0 atom stereocenters. The molecule has 2 rings (SSSR count). The zero-order valence-corrected chi connectivity index (χ0v) is 12.2. The Kier molecular flexibility index (Phi) is 4.23. The molecule has 0 spiro atoms. The van der Waals surface area contributed by atoms with Crippen molar-refractivity contribution in [2.75, 3.05) is 0 Å². The summed E-state index contributed by atoms with van der Waals surface area (Å²) in [5.74, 6) is 1.89. The molecule has 0 aliphatic carbocycles. The molecule has 2 aromatic rings. The largest absolute Gasteiger partial charge is 0.439 e. The molecular weight excluding hydrogens is 349 g/mol. The zero-order valence-electron chi connectivity index (χ0n) is 9.28. The second-order valence-electron chi connectivity index (χ2n) is 3.66. The Labute approximate surface area is 119 Å². The standard InChI is InChI=1S/C13H11ClINO/c1-9-6-10(7-14)8-16-13(9)17-12-4-2-11(15)3-5-12/h2-6,8H,7H2,1H3. The van der Waals surface area contributed by atoms with Crippen molar-refractivity contribution in [1.29, 1.82) is 0 Å². The predicted octanol–water partition coefficient (Wildman–Crippen LogP) is 4.53. The van der Waals surface area contributed by atoms with Gasteiger partial charge in [0.15, 0.2) is 0 Å². The van der Waals surface area contributed by atoms with Crippen LogP contribution in [0.4, 0.5) is 0 Å². The summed E-state index contributed by atoms with van der Waals surface area (Å²) in [6.45, 7) is 1.96. The SMILES string of the molecule is Cc1cc(CCl)cnc1Oc1ccc(I)cc1. The fourth-order valence-corrected chi connectivity index (χ4v) is 1.92. The van der Waals surface area contributed by atoms with Crippen molar-refractivity contribution < 1.29 is 4.74 Å². The third-order valence-corrected chi connectivity index (χ3v) is 3.30. The van der Waals surface area contributed by atoms with Crippen LogP contribution in [0.2, 0.25) is 0 Å². The average Bonchev–Trinajstić information content (AvgIpc) is 2.34. The van der Waals surface area contributed by atoms with Gasteiger partial charge in [0.2, 0.25) is 5.88 Å². The molecule has 0 amide bonds. The van der Waals surface area contributed by atoms with Gasteiger partial charge in [-0.1, -0.05) is 0 Å². The van der Waals surface area contributed by atoms with Crippen LogP contribution in [0.3, 0.4) is 0 Å². The van der Waals surface area contributed by atoms with Gasteiger partial charge >= 0.3 is 0 Å². The number of halogens is 2. The normalized spacial score (nSPS) is 10.3. The molecule has 0 unspecified atom stereocenters. The summed E-state index contributed by atoms with van der Waals surface area (Å²) in [4.78, 5) is 4.26. The Hall–Kier alpha value is -0.810. The molecule has 0 bridgehead atoms. The molecule has 17 heavy (non-hydrogen) atoms. The number of rotatable bonds is 3. The van der Waals surface area contributed by atoms with Crippen molar-refractivity contribution in [2.24, 2.45) is 0 Å². The van der Waals surface area contributed by atoms with Crippen molar-refractivity contribution in [2.45, 2.75) is 12.8 Å². The molecular formula is C13H11ClINO. The maximum absolute atomic E-state index is 5.75. The lowest BCUT2D eigenvalue weighted by Gasteiger charge is -2.08. The van der Waals surface area contributed by atoms with Crippen LogP contribution in [-0.2, 0) is 5.88 Å². The van der Waals surface area contributed by atoms with Gasteiger partial charge < -0.3 is 4.74 Å². The van der Waals surface area contributed by atoms with Gasteiger partial charge in [0.05, 0.1) is 0 Å². The zero-order chi connectivity index (χ0) is 12.3. The van der Waals surface area contributed by atoms with E-state index >= 15 is 0 Å². The minimum Gasteiger partial charge on any atom is -0.439 e. The van der Waals surface area contributed by atoms with Gasteiger partial charge in [0.1, 0.15) is 5.75 Å². The van der Waals surface area contributed by atoms with Crippen LogP contribution in [-0.4, -0.2) is 4.98 Å². The number of ether oxygens (including phenoxy) is 1. The highest BCUT2D eigenvalue weighted by atomic mass is 127. The van der Waals surface area contributed by atoms with Crippen molar-refractivity contribution >= 4 is 34.2 Å². The van der Waals surface area contributed by atoms with Gasteiger partial charge in [0.25, 0.3) is 0 Å². The fourth-order valence-electron chi connectivity index (χ4n) is 1.41.